The van der Waals surface area contributed by atoms with Crippen LogP contribution in [0.2, 0.25) is 0 Å². The zero-order valence-electron chi connectivity index (χ0n) is 12.4. The second kappa shape index (κ2) is 4.90. The lowest BCUT2D eigenvalue weighted by molar-refractivity contribution is -0.130. The lowest BCUT2D eigenvalue weighted by atomic mass is 9.85. The highest BCUT2D eigenvalue weighted by molar-refractivity contribution is 5.91. The minimum Gasteiger partial charge on any atom is -0.444 e. The quantitative estimate of drug-likeness (QED) is 0.723. The van der Waals surface area contributed by atoms with E-state index in [1.54, 1.807) is 4.90 Å². The number of ketones is 1. The molecule has 0 unspecified atom stereocenters. The number of ether oxygens (including phenoxy) is 1. The van der Waals surface area contributed by atoms with Crippen molar-refractivity contribution >= 4 is 11.9 Å². The molecule has 1 atom stereocenters. The molecule has 0 aromatic carbocycles. The first-order valence-electron chi connectivity index (χ1n) is 6.56. The highest BCUT2D eigenvalue weighted by atomic mass is 16.6. The molecule has 0 bridgehead atoms. The van der Waals surface area contributed by atoms with Gasteiger partial charge < -0.3 is 4.74 Å². The van der Waals surface area contributed by atoms with Crippen LogP contribution in [0.25, 0.3) is 0 Å². The van der Waals surface area contributed by atoms with Crippen LogP contribution in [-0.4, -0.2) is 35.0 Å². The van der Waals surface area contributed by atoms with E-state index in [2.05, 4.69) is 0 Å². The van der Waals surface area contributed by atoms with Crippen molar-refractivity contribution in [2.75, 3.05) is 6.54 Å². The minimum atomic E-state index is -0.519. The van der Waals surface area contributed by atoms with Crippen molar-refractivity contribution in [2.24, 2.45) is 5.41 Å². The van der Waals surface area contributed by atoms with Gasteiger partial charge in [-0.1, -0.05) is 20.8 Å². The summed E-state index contributed by atoms with van der Waals surface area (Å²) >= 11 is 0. The van der Waals surface area contributed by atoms with Crippen LogP contribution < -0.4 is 0 Å². The maximum atomic E-state index is 12.3. The van der Waals surface area contributed by atoms with Crippen molar-refractivity contribution < 1.29 is 14.3 Å². The average molecular weight is 255 g/mol. The van der Waals surface area contributed by atoms with Crippen LogP contribution in [0, 0.1) is 5.41 Å². The molecular formula is C14H25NO3. The molecule has 104 valence electrons. The van der Waals surface area contributed by atoms with Crippen LogP contribution in [0.5, 0.6) is 0 Å². The van der Waals surface area contributed by atoms with Gasteiger partial charge in [-0.25, -0.2) is 4.79 Å². The Morgan fingerprint density at radius 3 is 2.11 bits per heavy atom. The molecule has 1 amide bonds. The summed E-state index contributed by atoms with van der Waals surface area (Å²) in [6, 6.07) is -0.320. The molecule has 1 fully saturated rings. The SMILES string of the molecule is CC(C)(C)OC(=O)N1CCC[C@H]1C(=O)C(C)(C)C. The van der Waals surface area contributed by atoms with Crippen molar-refractivity contribution in [1.29, 1.82) is 0 Å². The molecule has 4 nitrogen and oxygen atoms in total. The Kier molecular flexibility index (Phi) is 4.08. The third-order valence-electron chi connectivity index (χ3n) is 2.92. The highest BCUT2D eigenvalue weighted by Gasteiger charge is 2.40. The second-order valence-corrected chi connectivity index (χ2v) is 6.95. The standard InChI is InChI=1S/C14H25NO3/c1-13(2,3)11(16)10-8-7-9-15(10)12(17)18-14(4,5)6/h10H,7-9H2,1-6H3/t10-/m0/s1. The van der Waals surface area contributed by atoms with Gasteiger partial charge in [0.1, 0.15) is 5.60 Å². The molecule has 0 aromatic heterocycles. The smallest absolute Gasteiger partial charge is 0.410 e. The maximum Gasteiger partial charge on any atom is 0.410 e. The van der Waals surface area contributed by atoms with E-state index in [9.17, 15) is 9.59 Å². The van der Waals surface area contributed by atoms with E-state index in [1.807, 2.05) is 41.5 Å². The third kappa shape index (κ3) is 3.72. The monoisotopic (exact) mass is 255 g/mol. The summed E-state index contributed by atoms with van der Waals surface area (Å²) < 4.78 is 5.35. The molecule has 0 spiro atoms. The number of Topliss-reactive ketones (excluding diaryl/α,β-unsaturated/α-hetero) is 1. The largest absolute Gasteiger partial charge is 0.444 e. The van der Waals surface area contributed by atoms with Crippen molar-refractivity contribution in [3.63, 3.8) is 0 Å². The Morgan fingerprint density at radius 1 is 1.11 bits per heavy atom. The molecule has 0 aliphatic carbocycles. The summed E-state index contributed by atoms with van der Waals surface area (Å²) in [7, 11) is 0. The van der Waals surface area contributed by atoms with Crippen LogP contribution in [0.4, 0.5) is 4.79 Å². The maximum absolute atomic E-state index is 12.3. The molecule has 4 heteroatoms. The number of rotatable bonds is 1. The molecular weight excluding hydrogens is 230 g/mol. The molecule has 0 radical (unpaired) electrons. The van der Waals surface area contributed by atoms with Gasteiger partial charge in [0.2, 0.25) is 0 Å². The molecule has 1 heterocycles. The Morgan fingerprint density at radius 2 is 1.67 bits per heavy atom. The Bertz CT molecular complexity index is 336. The van der Waals surface area contributed by atoms with Crippen molar-refractivity contribution in [1.82, 2.24) is 4.90 Å². The predicted molar refractivity (Wildman–Crippen MR) is 70.4 cm³/mol. The van der Waals surface area contributed by atoms with Gasteiger partial charge in [0.05, 0.1) is 6.04 Å². The van der Waals surface area contributed by atoms with Gasteiger partial charge in [-0.2, -0.15) is 0 Å². The number of hydrogen-bond donors (Lipinski definition) is 0. The van der Waals surface area contributed by atoms with E-state index in [0.29, 0.717) is 6.54 Å². The fraction of sp³-hybridized carbons (Fsp3) is 0.857. The van der Waals surface area contributed by atoms with Crippen molar-refractivity contribution in [3.8, 4) is 0 Å². The highest BCUT2D eigenvalue weighted by Crippen LogP contribution is 2.27. The third-order valence-corrected chi connectivity index (χ3v) is 2.92. The van der Waals surface area contributed by atoms with E-state index in [-0.39, 0.29) is 17.9 Å². The van der Waals surface area contributed by atoms with Gasteiger partial charge in [-0.05, 0) is 33.6 Å². The lowest BCUT2D eigenvalue weighted by Crippen LogP contribution is -2.46. The number of hydrogen-bond acceptors (Lipinski definition) is 3. The first-order chi connectivity index (χ1) is 8.02. The van der Waals surface area contributed by atoms with Gasteiger partial charge in [-0.3, -0.25) is 9.69 Å². The second-order valence-electron chi connectivity index (χ2n) is 6.95. The Balaban J connectivity index is 2.77. The number of carbonyl (C=O) groups is 2. The van der Waals surface area contributed by atoms with Crippen LogP contribution in [-0.2, 0) is 9.53 Å². The number of carbonyl (C=O) groups excluding carboxylic acids is 2. The zero-order chi connectivity index (χ0) is 14.1. The van der Waals surface area contributed by atoms with Gasteiger partial charge in [-0.15, -0.1) is 0 Å². The van der Waals surface area contributed by atoms with Gasteiger partial charge in [0.25, 0.3) is 0 Å². The summed E-state index contributed by atoms with van der Waals surface area (Å²) in [4.78, 5) is 25.9. The number of likely N-dealkylation sites (tertiary alicyclic amines) is 1. The summed E-state index contributed by atoms with van der Waals surface area (Å²) in [5, 5.41) is 0. The molecule has 0 aromatic rings. The molecule has 0 N–H and O–H groups in total. The number of amides is 1. The molecule has 1 saturated heterocycles. The van der Waals surface area contributed by atoms with Gasteiger partial charge in [0, 0.05) is 12.0 Å². The van der Waals surface area contributed by atoms with Crippen molar-refractivity contribution in [2.45, 2.75) is 66.0 Å². The van der Waals surface area contributed by atoms with E-state index in [0.717, 1.165) is 12.8 Å². The number of nitrogens with zero attached hydrogens (tertiary/aromatic N) is 1. The Hall–Kier alpha value is -1.06. The van der Waals surface area contributed by atoms with Crippen LogP contribution in [0.3, 0.4) is 0 Å². The van der Waals surface area contributed by atoms with Crippen LogP contribution >= 0.6 is 0 Å². The fourth-order valence-electron chi connectivity index (χ4n) is 2.08. The fourth-order valence-corrected chi connectivity index (χ4v) is 2.08. The topological polar surface area (TPSA) is 46.6 Å². The van der Waals surface area contributed by atoms with E-state index in [1.165, 1.54) is 0 Å². The molecule has 18 heavy (non-hydrogen) atoms. The first kappa shape index (κ1) is 15.0. The van der Waals surface area contributed by atoms with Crippen molar-refractivity contribution in [3.05, 3.63) is 0 Å². The summed E-state index contributed by atoms with van der Waals surface area (Å²) in [5.41, 5.74) is -0.940. The molecule has 1 aliphatic heterocycles. The molecule has 0 saturated carbocycles. The van der Waals surface area contributed by atoms with Crippen LogP contribution in [0.15, 0.2) is 0 Å². The lowest BCUT2D eigenvalue weighted by Gasteiger charge is -2.31. The summed E-state index contributed by atoms with van der Waals surface area (Å²) in [6.07, 6.45) is 1.24. The normalized spacial score (nSPS) is 21.0. The summed E-state index contributed by atoms with van der Waals surface area (Å²) in [6.45, 7) is 11.8. The van der Waals surface area contributed by atoms with Gasteiger partial charge >= 0.3 is 6.09 Å². The van der Waals surface area contributed by atoms with Crippen LogP contribution in [0.1, 0.15) is 54.4 Å². The zero-order valence-corrected chi connectivity index (χ0v) is 12.4. The van der Waals surface area contributed by atoms with E-state index < -0.39 is 11.0 Å². The van der Waals surface area contributed by atoms with Gasteiger partial charge in [0.15, 0.2) is 5.78 Å². The van der Waals surface area contributed by atoms with E-state index in [4.69, 9.17) is 4.74 Å². The first-order valence-corrected chi connectivity index (χ1v) is 6.56. The molecule has 1 aliphatic rings. The average Bonchev–Trinajstić information content (AvgIpc) is 2.60. The summed E-state index contributed by atoms with van der Waals surface area (Å²) in [5.74, 6) is 0.117. The Labute approximate surface area is 110 Å². The minimum absolute atomic E-state index is 0.117. The predicted octanol–water partition coefficient (Wildman–Crippen LogP) is 3.00. The van der Waals surface area contributed by atoms with E-state index >= 15 is 0 Å². The molecule has 1 rings (SSSR count).